The molecule has 0 radical (unpaired) electrons. The summed E-state index contributed by atoms with van der Waals surface area (Å²) >= 11 is 5.84. The van der Waals surface area contributed by atoms with Gasteiger partial charge < -0.3 is 10.1 Å². The first kappa shape index (κ1) is 9.79. The van der Waals surface area contributed by atoms with E-state index in [2.05, 4.69) is 11.9 Å². The van der Waals surface area contributed by atoms with E-state index in [0.29, 0.717) is 6.54 Å². The number of nitrogens with one attached hydrogen (secondary N) is 1. The summed E-state index contributed by atoms with van der Waals surface area (Å²) in [6, 6.07) is 0. The molecule has 0 aliphatic heterocycles. The highest BCUT2D eigenvalue weighted by Crippen LogP contribution is 2.12. The number of hydrogen-bond acceptors (Lipinski definition) is 2. The molecule has 2 nitrogen and oxygen atoms in total. The van der Waals surface area contributed by atoms with Crippen molar-refractivity contribution in [2.24, 2.45) is 0 Å². The van der Waals surface area contributed by atoms with E-state index in [1.807, 2.05) is 6.92 Å². The van der Waals surface area contributed by atoms with Crippen LogP contribution >= 0.6 is 11.6 Å². The number of ether oxygens (including phenoxy) is 1. The van der Waals surface area contributed by atoms with Crippen molar-refractivity contribution in [3.63, 3.8) is 0 Å². The van der Waals surface area contributed by atoms with Crippen LogP contribution in [0.1, 0.15) is 13.8 Å². The van der Waals surface area contributed by atoms with E-state index >= 15 is 0 Å². The summed E-state index contributed by atoms with van der Waals surface area (Å²) in [4.78, 5) is 0. The lowest BCUT2D eigenvalue weighted by atomic mass is 10.4. The lowest BCUT2D eigenvalue weighted by Crippen LogP contribution is -2.33. The van der Waals surface area contributed by atoms with Gasteiger partial charge in [0.25, 0.3) is 0 Å². The van der Waals surface area contributed by atoms with Crippen LogP contribution in [0.15, 0.2) is 12.3 Å². The molecule has 1 unspecified atom stereocenters. The number of hydrogen-bond donors (Lipinski definition) is 1. The SMILES string of the molecule is C=C(C)NCC(C)(Cl)OC. The first-order chi connectivity index (χ1) is 4.48. The summed E-state index contributed by atoms with van der Waals surface area (Å²) < 4.78 is 4.95. The quantitative estimate of drug-likeness (QED) is 0.638. The summed E-state index contributed by atoms with van der Waals surface area (Å²) in [6.45, 7) is 7.91. The van der Waals surface area contributed by atoms with Gasteiger partial charge in [-0.1, -0.05) is 18.2 Å². The van der Waals surface area contributed by atoms with E-state index in [0.717, 1.165) is 5.70 Å². The predicted molar refractivity (Wildman–Crippen MR) is 44.1 cm³/mol. The van der Waals surface area contributed by atoms with E-state index in [-0.39, 0.29) is 0 Å². The molecule has 0 aromatic heterocycles. The second-order valence-corrected chi connectivity index (χ2v) is 3.24. The van der Waals surface area contributed by atoms with E-state index in [9.17, 15) is 0 Å². The number of alkyl halides is 1. The highest BCUT2D eigenvalue weighted by atomic mass is 35.5. The minimum absolute atomic E-state index is 0.570. The summed E-state index contributed by atoms with van der Waals surface area (Å²) in [7, 11) is 1.58. The number of methoxy groups -OCH3 is 1. The maximum absolute atomic E-state index is 5.84. The van der Waals surface area contributed by atoms with E-state index in [4.69, 9.17) is 16.3 Å². The summed E-state index contributed by atoms with van der Waals surface area (Å²) in [5.74, 6) is 0. The van der Waals surface area contributed by atoms with Crippen molar-refractivity contribution in [3.05, 3.63) is 12.3 Å². The smallest absolute Gasteiger partial charge is 0.155 e. The third-order valence-electron chi connectivity index (χ3n) is 1.13. The van der Waals surface area contributed by atoms with Crippen LogP contribution in [0.3, 0.4) is 0 Å². The van der Waals surface area contributed by atoms with Crippen LogP contribution in [0.5, 0.6) is 0 Å². The molecule has 1 atom stereocenters. The summed E-state index contributed by atoms with van der Waals surface area (Å²) in [5, 5.41) is 2.36. The van der Waals surface area contributed by atoms with Gasteiger partial charge in [-0.25, -0.2) is 0 Å². The van der Waals surface area contributed by atoms with E-state index in [1.54, 1.807) is 14.0 Å². The molecule has 1 N–H and O–H groups in total. The molecule has 0 aliphatic rings. The van der Waals surface area contributed by atoms with E-state index in [1.165, 1.54) is 0 Å². The molecule has 0 saturated heterocycles. The molecule has 0 fully saturated rings. The van der Waals surface area contributed by atoms with Crippen molar-refractivity contribution in [2.75, 3.05) is 13.7 Å². The third-order valence-corrected chi connectivity index (χ3v) is 1.42. The highest BCUT2D eigenvalue weighted by molar-refractivity contribution is 6.22. The molecular weight excluding hydrogens is 150 g/mol. The first-order valence-electron chi connectivity index (χ1n) is 3.11. The van der Waals surface area contributed by atoms with Crippen molar-refractivity contribution < 1.29 is 4.74 Å². The normalized spacial score (nSPS) is 16.0. The topological polar surface area (TPSA) is 21.3 Å². The molecule has 0 aliphatic carbocycles. The first-order valence-corrected chi connectivity index (χ1v) is 3.49. The van der Waals surface area contributed by atoms with Crippen LogP contribution in [-0.4, -0.2) is 18.7 Å². The maximum Gasteiger partial charge on any atom is 0.155 e. The number of rotatable bonds is 4. The average molecular weight is 164 g/mol. The van der Waals surface area contributed by atoms with E-state index < -0.39 is 5.06 Å². The fraction of sp³-hybridized carbons (Fsp3) is 0.714. The van der Waals surface area contributed by atoms with Gasteiger partial charge in [-0.2, -0.15) is 0 Å². The summed E-state index contributed by atoms with van der Waals surface area (Å²) in [6.07, 6.45) is 0. The Morgan fingerprint density at radius 1 is 1.80 bits per heavy atom. The zero-order chi connectivity index (χ0) is 8.20. The predicted octanol–water partition coefficient (Wildman–Crippen LogP) is 1.71. The Balaban J connectivity index is 3.56. The Bertz CT molecular complexity index is 123. The number of allylic oxidation sites excluding steroid dienone is 1. The van der Waals surface area contributed by atoms with Crippen molar-refractivity contribution in [2.45, 2.75) is 18.9 Å². The average Bonchev–Trinajstić information content (AvgIpc) is 1.85. The zero-order valence-electron chi connectivity index (χ0n) is 6.70. The van der Waals surface area contributed by atoms with Gasteiger partial charge in [0.15, 0.2) is 5.06 Å². The van der Waals surface area contributed by atoms with Crippen molar-refractivity contribution in [3.8, 4) is 0 Å². The maximum atomic E-state index is 5.84. The largest absolute Gasteiger partial charge is 0.385 e. The van der Waals surface area contributed by atoms with Gasteiger partial charge >= 0.3 is 0 Å². The molecule has 10 heavy (non-hydrogen) atoms. The van der Waals surface area contributed by atoms with Gasteiger partial charge in [-0.3, -0.25) is 0 Å². The monoisotopic (exact) mass is 163 g/mol. The highest BCUT2D eigenvalue weighted by Gasteiger charge is 2.17. The zero-order valence-corrected chi connectivity index (χ0v) is 7.46. The van der Waals surface area contributed by atoms with Crippen LogP contribution in [0, 0.1) is 0 Å². The molecule has 0 saturated carbocycles. The summed E-state index contributed by atoms with van der Waals surface area (Å²) in [5.41, 5.74) is 0.893. The Hall–Kier alpha value is -0.210. The standard InChI is InChI=1S/C7H14ClNO/c1-6(2)9-5-7(3,8)10-4/h9H,1,5H2,2-4H3. The molecule has 0 aromatic rings. The van der Waals surface area contributed by atoms with Crippen LogP contribution in [0.4, 0.5) is 0 Å². The van der Waals surface area contributed by atoms with Crippen molar-refractivity contribution >= 4 is 11.6 Å². The third kappa shape index (κ3) is 4.65. The van der Waals surface area contributed by atoms with Gasteiger partial charge in [-0.05, 0) is 13.8 Å². The molecule has 0 spiro atoms. The molecule has 0 rings (SSSR count). The molecular formula is C7H14ClNO. The lowest BCUT2D eigenvalue weighted by molar-refractivity contribution is 0.0817. The van der Waals surface area contributed by atoms with Gasteiger partial charge in [0, 0.05) is 12.8 Å². The number of halogens is 1. The van der Waals surface area contributed by atoms with Gasteiger partial charge in [0.05, 0.1) is 6.54 Å². The Kier molecular flexibility index (Phi) is 3.76. The minimum Gasteiger partial charge on any atom is -0.385 e. The Morgan fingerprint density at radius 3 is 2.60 bits per heavy atom. The second kappa shape index (κ2) is 3.84. The van der Waals surface area contributed by atoms with Gasteiger partial charge in [0.2, 0.25) is 0 Å². The minimum atomic E-state index is -0.626. The van der Waals surface area contributed by atoms with Gasteiger partial charge in [0.1, 0.15) is 0 Å². The lowest BCUT2D eigenvalue weighted by Gasteiger charge is -2.20. The van der Waals surface area contributed by atoms with Crippen molar-refractivity contribution in [1.29, 1.82) is 0 Å². The fourth-order valence-electron chi connectivity index (χ4n) is 0.381. The van der Waals surface area contributed by atoms with Crippen LogP contribution in [0.25, 0.3) is 0 Å². The molecule has 3 heteroatoms. The fourth-order valence-corrected chi connectivity index (χ4v) is 0.448. The van der Waals surface area contributed by atoms with Crippen LogP contribution < -0.4 is 5.32 Å². The Labute approximate surface area is 67.2 Å². The van der Waals surface area contributed by atoms with Crippen LogP contribution in [-0.2, 0) is 4.74 Å². The molecule has 0 aromatic carbocycles. The van der Waals surface area contributed by atoms with Crippen LogP contribution in [0.2, 0.25) is 0 Å². The Morgan fingerprint density at radius 2 is 2.30 bits per heavy atom. The molecule has 0 amide bonds. The molecule has 0 bridgehead atoms. The molecule has 0 heterocycles. The second-order valence-electron chi connectivity index (χ2n) is 2.44. The van der Waals surface area contributed by atoms with Crippen molar-refractivity contribution in [1.82, 2.24) is 5.32 Å². The van der Waals surface area contributed by atoms with Gasteiger partial charge in [-0.15, -0.1) is 0 Å². The molecule has 60 valence electrons.